The number of nitrogens with zero attached hydrogens (tertiary/aromatic N) is 2. The van der Waals surface area contributed by atoms with Crippen LogP contribution in [0.1, 0.15) is 5.69 Å². The minimum absolute atomic E-state index is 0.247. The van der Waals surface area contributed by atoms with Gasteiger partial charge in [-0.15, -0.1) is 0 Å². The number of alkyl halides is 3. The van der Waals surface area contributed by atoms with Crippen molar-refractivity contribution in [3.05, 3.63) is 18.0 Å². The second kappa shape index (κ2) is 5.85. The number of carbonyl (C=O) groups is 1. The van der Waals surface area contributed by atoms with Gasteiger partial charge in [-0.25, -0.2) is 0 Å². The quantitative estimate of drug-likeness (QED) is 0.747. The van der Waals surface area contributed by atoms with Crippen molar-refractivity contribution in [1.82, 2.24) is 15.1 Å². The summed E-state index contributed by atoms with van der Waals surface area (Å²) in [4.78, 5) is 10.4. The molecule has 0 radical (unpaired) electrons. The van der Waals surface area contributed by atoms with Crippen molar-refractivity contribution < 1.29 is 23.1 Å². The second-order valence-electron chi connectivity index (χ2n) is 3.87. The van der Waals surface area contributed by atoms with Crippen LogP contribution in [0.25, 0.3) is 0 Å². The summed E-state index contributed by atoms with van der Waals surface area (Å²) in [7, 11) is 1.74. The zero-order chi connectivity index (χ0) is 13.8. The van der Waals surface area contributed by atoms with Gasteiger partial charge < -0.3 is 10.4 Å². The highest BCUT2D eigenvalue weighted by Crippen LogP contribution is 2.25. The number of carboxylic acid groups (broad SMARTS) is 1. The molecule has 1 aromatic heterocycles. The minimum atomic E-state index is -4.73. The van der Waals surface area contributed by atoms with Crippen LogP contribution in [0.4, 0.5) is 13.2 Å². The lowest BCUT2D eigenvalue weighted by Gasteiger charge is -2.16. The number of aromatic nitrogens is 2. The van der Waals surface area contributed by atoms with Gasteiger partial charge in [0.1, 0.15) is 0 Å². The third kappa shape index (κ3) is 4.36. The Hall–Kier alpha value is -1.57. The number of carboxylic acids is 1. The van der Waals surface area contributed by atoms with E-state index < -0.39 is 24.6 Å². The van der Waals surface area contributed by atoms with Crippen LogP contribution >= 0.6 is 0 Å². The highest BCUT2D eigenvalue weighted by molar-refractivity contribution is 5.71. The smallest absolute Gasteiger partial charge is 0.403 e. The van der Waals surface area contributed by atoms with Gasteiger partial charge in [0.25, 0.3) is 0 Å². The van der Waals surface area contributed by atoms with Crippen molar-refractivity contribution in [3.63, 3.8) is 0 Å². The van der Waals surface area contributed by atoms with Crippen molar-refractivity contribution >= 4 is 5.97 Å². The SMILES string of the molecule is Cn1ccc(CCNCC(C(=O)O)C(F)(F)F)n1. The molecule has 0 saturated carbocycles. The third-order valence-corrected chi connectivity index (χ3v) is 2.37. The van der Waals surface area contributed by atoms with E-state index in [0.29, 0.717) is 6.42 Å². The molecule has 1 rings (SSSR count). The molecule has 0 spiro atoms. The van der Waals surface area contributed by atoms with Crippen molar-refractivity contribution in [2.24, 2.45) is 13.0 Å². The van der Waals surface area contributed by atoms with Crippen molar-refractivity contribution in [1.29, 1.82) is 0 Å². The van der Waals surface area contributed by atoms with E-state index in [-0.39, 0.29) is 6.54 Å². The Morgan fingerprint density at radius 2 is 2.28 bits per heavy atom. The van der Waals surface area contributed by atoms with E-state index in [9.17, 15) is 18.0 Å². The molecule has 8 heteroatoms. The number of hydrogen-bond acceptors (Lipinski definition) is 3. The third-order valence-electron chi connectivity index (χ3n) is 2.37. The van der Waals surface area contributed by atoms with Gasteiger partial charge in [-0.3, -0.25) is 9.48 Å². The lowest BCUT2D eigenvalue weighted by atomic mass is 10.1. The van der Waals surface area contributed by atoms with E-state index in [0.717, 1.165) is 5.69 Å². The van der Waals surface area contributed by atoms with E-state index in [2.05, 4.69) is 10.4 Å². The maximum Gasteiger partial charge on any atom is 0.403 e. The molecule has 1 heterocycles. The van der Waals surface area contributed by atoms with Gasteiger partial charge >= 0.3 is 12.1 Å². The summed E-state index contributed by atoms with van der Waals surface area (Å²) in [6.07, 6.45) is -2.56. The van der Waals surface area contributed by atoms with E-state index in [1.54, 1.807) is 24.0 Å². The molecule has 1 unspecified atom stereocenters. The lowest BCUT2D eigenvalue weighted by molar-refractivity contribution is -0.192. The molecular formula is C10H14F3N3O2. The van der Waals surface area contributed by atoms with E-state index in [1.807, 2.05) is 0 Å². The first kappa shape index (κ1) is 14.5. The predicted molar refractivity (Wildman–Crippen MR) is 57.0 cm³/mol. The van der Waals surface area contributed by atoms with Gasteiger partial charge in [0.05, 0.1) is 5.69 Å². The summed E-state index contributed by atoms with van der Waals surface area (Å²) in [5.41, 5.74) is 0.740. The standard InChI is InChI=1S/C10H14F3N3O2/c1-16-5-3-7(15-16)2-4-14-6-8(9(17)18)10(11,12)13/h3,5,8,14H,2,4,6H2,1H3,(H,17,18). The van der Waals surface area contributed by atoms with Gasteiger partial charge in [-0.05, 0) is 6.07 Å². The fraction of sp³-hybridized carbons (Fsp3) is 0.600. The topological polar surface area (TPSA) is 67.2 Å². The fourth-order valence-electron chi connectivity index (χ4n) is 1.40. The van der Waals surface area contributed by atoms with Crippen LogP contribution in [0.2, 0.25) is 0 Å². The molecule has 0 aromatic carbocycles. The van der Waals surface area contributed by atoms with E-state index in [4.69, 9.17) is 5.11 Å². The summed E-state index contributed by atoms with van der Waals surface area (Å²) >= 11 is 0. The molecule has 0 amide bonds. The van der Waals surface area contributed by atoms with Crippen molar-refractivity contribution in [2.75, 3.05) is 13.1 Å². The van der Waals surface area contributed by atoms with Crippen LogP contribution < -0.4 is 5.32 Å². The second-order valence-corrected chi connectivity index (χ2v) is 3.87. The number of aliphatic carboxylic acids is 1. The molecule has 0 saturated heterocycles. The first-order valence-corrected chi connectivity index (χ1v) is 5.29. The largest absolute Gasteiger partial charge is 0.481 e. The number of halogens is 3. The Balaban J connectivity index is 2.34. The summed E-state index contributed by atoms with van der Waals surface area (Å²) in [6, 6.07) is 1.75. The highest BCUT2D eigenvalue weighted by atomic mass is 19.4. The fourth-order valence-corrected chi connectivity index (χ4v) is 1.40. The maximum atomic E-state index is 12.3. The molecule has 0 aliphatic heterocycles. The van der Waals surface area contributed by atoms with Crippen LogP contribution in [0.3, 0.4) is 0 Å². The van der Waals surface area contributed by atoms with Gasteiger partial charge in [-0.2, -0.15) is 18.3 Å². The minimum Gasteiger partial charge on any atom is -0.481 e. The lowest BCUT2D eigenvalue weighted by Crippen LogP contribution is -2.39. The maximum absolute atomic E-state index is 12.3. The summed E-state index contributed by atoms with van der Waals surface area (Å²) in [5.74, 6) is -4.24. The van der Waals surface area contributed by atoms with Gasteiger partial charge in [0, 0.05) is 32.8 Å². The van der Waals surface area contributed by atoms with Gasteiger partial charge in [0.15, 0.2) is 5.92 Å². The summed E-state index contributed by atoms with van der Waals surface area (Å²) in [5, 5.41) is 15.0. The Bertz CT molecular complexity index is 403. The summed E-state index contributed by atoms with van der Waals surface area (Å²) in [6.45, 7) is -0.386. The average Bonchev–Trinajstić information content (AvgIpc) is 2.61. The number of rotatable bonds is 6. The number of hydrogen-bond donors (Lipinski definition) is 2. The van der Waals surface area contributed by atoms with Crippen LogP contribution in [0, 0.1) is 5.92 Å². The zero-order valence-corrected chi connectivity index (χ0v) is 9.74. The molecule has 2 N–H and O–H groups in total. The van der Waals surface area contributed by atoms with E-state index in [1.165, 1.54) is 0 Å². The molecule has 18 heavy (non-hydrogen) atoms. The number of nitrogens with one attached hydrogen (secondary N) is 1. The molecule has 5 nitrogen and oxygen atoms in total. The first-order chi connectivity index (χ1) is 8.30. The molecule has 0 aliphatic rings. The normalized spacial score (nSPS) is 13.6. The Kier molecular flexibility index (Phi) is 4.71. The molecule has 1 aromatic rings. The average molecular weight is 265 g/mol. The van der Waals surface area contributed by atoms with Crippen LogP contribution in [-0.4, -0.2) is 40.1 Å². The first-order valence-electron chi connectivity index (χ1n) is 5.29. The monoisotopic (exact) mass is 265 g/mol. The Labute approximate surface area is 102 Å². The van der Waals surface area contributed by atoms with Crippen molar-refractivity contribution in [3.8, 4) is 0 Å². The molecule has 102 valence electrons. The molecule has 0 bridgehead atoms. The summed E-state index contributed by atoms with van der Waals surface area (Å²) < 4.78 is 38.5. The Morgan fingerprint density at radius 3 is 2.72 bits per heavy atom. The van der Waals surface area contributed by atoms with Gasteiger partial charge in [0.2, 0.25) is 0 Å². The zero-order valence-electron chi connectivity index (χ0n) is 9.74. The molecule has 0 fully saturated rings. The van der Waals surface area contributed by atoms with E-state index >= 15 is 0 Å². The highest BCUT2D eigenvalue weighted by Gasteiger charge is 2.44. The van der Waals surface area contributed by atoms with Crippen molar-refractivity contribution in [2.45, 2.75) is 12.6 Å². The molecular weight excluding hydrogens is 251 g/mol. The molecule has 1 atom stereocenters. The predicted octanol–water partition coefficient (Wildman–Crippen LogP) is 0.815. The Morgan fingerprint density at radius 1 is 1.61 bits per heavy atom. The van der Waals surface area contributed by atoms with Crippen LogP contribution in [-0.2, 0) is 18.3 Å². The van der Waals surface area contributed by atoms with Crippen LogP contribution in [0.15, 0.2) is 12.3 Å². The van der Waals surface area contributed by atoms with Gasteiger partial charge in [-0.1, -0.05) is 0 Å². The molecule has 0 aliphatic carbocycles. The van der Waals surface area contributed by atoms with Crippen LogP contribution in [0.5, 0.6) is 0 Å². The number of aryl methyl sites for hydroxylation is 1.